The number of hydrogen-bond acceptors (Lipinski definition) is 11. The van der Waals surface area contributed by atoms with E-state index in [1.165, 1.54) is 0 Å². The molecule has 2 N–H and O–H groups in total. The molecular formula is C26H25N6NaO9S. The molecule has 43 heavy (non-hydrogen) atoms. The molecule has 0 bridgehead atoms. The zero-order chi connectivity index (χ0) is 30.6. The van der Waals surface area contributed by atoms with E-state index in [4.69, 9.17) is 10.00 Å². The van der Waals surface area contributed by atoms with Crippen molar-refractivity contribution < 1.29 is 73.0 Å². The van der Waals surface area contributed by atoms with Gasteiger partial charge in [-0.05, 0) is 5.56 Å². The van der Waals surface area contributed by atoms with Crippen molar-refractivity contribution in [3.8, 4) is 6.07 Å². The first-order valence-corrected chi connectivity index (χ1v) is 13.8. The zero-order valence-electron chi connectivity index (χ0n) is 23.2. The Balaban J connectivity index is 0.00000506. The van der Waals surface area contributed by atoms with Crippen molar-refractivity contribution in [3.05, 3.63) is 47.2 Å². The number of nitrogens with zero attached hydrogens (tertiary/aromatic N) is 4. The van der Waals surface area contributed by atoms with E-state index < -0.39 is 64.9 Å². The molecule has 0 spiro atoms. The number of ether oxygens (including phenoxy) is 1. The summed E-state index contributed by atoms with van der Waals surface area (Å²) >= 11 is 1.15. The predicted molar refractivity (Wildman–Crippen MR) is 140 cm³/mol. The number of imide groups is 2. The number of aliphatic carboxylic acids is 1. The third-order valence-corrected chi connectivity index (χ3v) is 8.00. The minimum atomic E-state index is -1.63. The van der Waals surface area contributed by atoms with E-state index in [0.29, 0.717) is 5.56 Å². The minimum Gasteiger partial charge on any atom is -0.543 e. The maximum absolute atomic E-state index is 13.4. The first kappa shape index (κ1) is 33.6. The molecule has 17 heteroatoms. The van der Waals surface area contributed by atoms with Crippen LogP contribution < -0.4 is 45.3 Å². The summed E-state index contributed by atoms with van der Waals surface area (Å²) in [5.41, 5.74) is 0.0788. The van der Waals surface area contributed by atoms with Crippen molar-refractivity contribution >= 4 is 53.5 Å². The predicted octanol–water partition coefficient (Wildman–Crippen LogP) is -4.02. The molecule has 3 aliphatic heterocycles. The molecule has 0 saturated carbocycles. The molecule has 0 radical (unpaired) electrons. The Bertz CT molecular complexity index is 1420. The van der Waals surface area contributed by atoms with Gasteiger partial charge in [0.25, 0.3) is 5.91 Å². The van der Waals surface area contributed by atoms with Gasteiger partial charge in [-0.1, -0.05) is 30.3 Å². The van der Waals surface area contributed by atoms with E-state index in [1.807, 2.05) is 6.07 Å². The number of amides is 7. The van der Waals surface area contributed by atoms with Crippen LogP contribution in [-0.2, 0) is 28.7 Å². The van der Waals surface area contributed by atoms with Crippen LogP contribution in [0.2, 0.25) is 0 Å². The number of fused-ring (bicyclic) bond motifs is 1. The SMILES string of the molecule is CC(=O)OCC1=C(C(=O)[O-])N2C(=O)C(NC(=O)[C@H](NC(=O)N3CCN(C(=O)CCC#N)C3=O)c3ccccc3)[C@H]2SC1.[Na+]. The van der Waals surface area contributed by atoms with E-state index in [-0.39, 0.29) is 73.4 Å². The smallest absolute Gasteiger partial charge is 0.543 e. The number of rotatable bonds is 9. The standard InChI is InChI=1S/C26H26N6O9S.Na/c1-14(33)41-12-16-13-42-23-19(22(36)32(23)20(16)24(37)38)28-21(35)18(15-6-3-2-4-7-15)29-25(39)31-11-10-30(26(31)40)17(34)8-5-9-27;/h2-4,6-7,18-19,23H,5,8,10-13H2,1H3,(H,28,35)(H,29,39)(H,37,38);/q;+1/p-1/t18-,19?,23-;/m1./s1. The van der Waals surface area contributed by atoms with Gasteiger partial charge in [0.2, 0.25) is 11.8 Å². The fraction of sp³-hybridized carbons (Fsp3) is 0.385. The number of hydrogen-bond donors (Lipinski definition) is 2. The van der Waals surface area contributed by atoms with Crippen LogP contribution in [-0.4, -0.2) is 93.3 Å². The maximum Gasteiger partial charge on any atom is 1.00 e. The van der Waals surface area contributed by atoms with Crippen molar-refractivity contribution in [1.82, 2.24) is 25.3 Å². The molecular weight excluding hydrogens is 595 g/mol. The van der Waals surface area contributed by atoms with Gasteiger partial charge in [0.1, 0.15) is 24.1 Å². The molecule has 0 aliphatic carbocycles. The number of carbonyl (C=O) groups is 7. The molecule has 3 atom stereocenters. The number of β-lactam (4-membered cyclic amide) rings is 1. The Kier molecular flexibility index (Phi) is 11.3. The van der Waals surface area contributed by atoms with Crippen LogP contribution in [0.25, 0.3) is 0 Å². The summed E-state index contributed by atoms with van der Waals surface area (Å²) in [4.78, 5) is 90.1. The second-order valence-corrected chi connectivity index (χ2v) is 10.5. The molecule has 1 aromatic carbocycles. The van der Waals surface area contributed by atoms with Gasteiger partial charge in [0, 0.05) is 37.6 Å². The van der Waals surface area contributed by atoms with Gasteiger partial charge in [-0.25, -0.2) is 14.5 Å². The first-order valence-electron chi connectivity index (χ1n) is 12.7. The van der Waals surface area contributed by atoms with Crippen LogP contribution in [0.15, 0.2) is 41.6 Å². The average molecular weight is 621 g/mol. The monoisotopic (exact) mass is 620 g/mol. The maximum atomic E-state index is 13.4. The fourth-order valence-electron chi connectivity index (χ4n) is 4.61. The Morgan fingerprint density at radius 2 is 1.81 bits per heavy atom. The molecule has 7 amide bonds. The number of carbonyl (C=O) groups excluding carboxylic acids is 7. The number of esters is 1. The molecule has 3 heterocycles. The molecule has 1 unspecified atom stereocenters. The van der Waals surface area contributed by atoms with Crippen molar-refractivity contribution in [1.29, 1.82) is 5.26 Å². The van der Waals surface area contributed by atoms with Crippen molar-refractivity contribution in [2.24, 2.45) is 0 Å². The summed E-state index contributed by atoms with van der Waals surface area (Å²) in [6.45, 7) is 0.622. The third kappa shape index (κ3) is 7.19. The Morgan fingerprint density at radius 3 is 2.44 bits per heavy atom. The van der Waals surface area contributed by atoms with Crippen molar-refractivity contribution in [2.75, 3.05) is 25.4 Å². The summed E-state index contributed by atoms with van der Waals surface area (Å²) in [6.07, 6.45) is -0.270. The number of thioether (sulfide) groups is 1. The summed E-state index contributed by atoms with van der Waals surface area (Å²) in [6, 6.07) is 5.49. The van der Waals surface area contributed by atoms with Crippen LogP contribution >= 0.6 is 11.8 Å². The Hall–Kier alpha value is -3.91. The van der Waals surface area contributed by atoms with Crippen molar-refractivity contribution in [2.45, 2.75) is 37.2 Å². The van der Waals surface area contributed by atoms with Gasteiger partial charge in [-0.15, -0.1) is 11.8 Å². The number of urea groups is 2. The largest absolute Gasteiger partial charge is 1.00 e. The number of nitriles is 1. The van der Waals surface area contributed by atoms with E-state index in [1.54, 1.807) is 30.3 Å². The molecule has 4 rings (SSSR count). The van der Waals surface area contributed by atoms with Crippen LogP contribution in [0.3, 0.4) is 0 Å². The fourth-order valence-corrected chi connectivity index (χ4v) is 5.94. The van der Waals surface area contributed by atoms with Crippen molar-refractivity contribution in [3.63, 3.8) is 0 Å². The van der Waals surface area contributed by atoms with Gasteiger partial charge in [-0.3, -0.25) is 29.0 Å². The minimum absolute atomic E-state index is 0. The summed E-state index contributed by atoms with van der Waals surface area (Å²) < 4.78 is 4.89. The van der Waals surface area contributed by atoms with E-state index >= 15 is 0 Å². The van der Waals surface area contributed by atoms with Crippen LogP contribution in [0.1, 0.15) is 31.4 Å². The number of carboxylic acids is 1. The molecule has 15 nitrogen and oxygen atoms in total. The Morgan fingerprint density at radius 1 is 1.14 bits per heavy atom. The third-order valence-electron chi connectivity index (χ3n) is 6.66. The topological polar surface area (TPSA) is 209 Å². The average Bonchev–Trinajstić information content (AvgIpc) is 3.37. The quantitative estimate of drug-likeness (QED) is 0.154. The zero-order valence-corrected chi connectivity index (χ0v) is 26.0. The van der Waals surface area contributed by atoms with Gasteiger partial charge in [-0.2, -0.15) is 5.26 Å². The molecule has 3 aliphatic rings. The summed E-state index contributed by atoms with van der Waals surface area (Å²) in [5, 5.41) is 24.8. The van der Waals surface area contributed by atoms with Gasteiger partial charge in [0.05, 0.1) is 24.3 Å². The van der Waals surface area contributed by atoms with Gasteiger partial charge < -0.3 is 25.3 Å². The van der Waals surface area contributed by atoms with E-state index in [0.717, 1.165) is 33.4 Å². The van der Waals surface area contributed by atoms with Gasteiger partial charge in [0.15, 0.2) is 0 Å². The van der Waals surface area contributed by atoms with E-state index in [2.05, 4.69) is 10.6 Å². The first-order chi connectivity index (χ1) is 20.0. The normalized spacial score (nSPS) is 19.8. The second kappa shape index (κ2) is 14.5. The summed E-state index contributed by atoms with van der Waals surface area (Å²) in [7, 11) is 0. The molecule has 2 saturated heterocycles. The van der Waals surface area contributed by atoms with Crippen LogP contribution in [0, 0.1) is 11.3 Å². The summed E-state index contributed by atoms with van der Waals surface area (Å²) in [5.74, 6) is -4.31. The molecule has 2 fully saturated rings. The van der Waals surface area contributed by atoms with E-state index in [9.17, 15) is 38.7 Å². The second-order valence-electron chi connectivity index (χ2n) is 9.35. The Labute approximate surface area is 271 Å². The molecule has 0 aromatic heterocycles. The number of carboxylic acid groups (broad SMARTS) is 1. The number of benzene rings is 1. The molecule has 220 valence electrons. The van der Waals surface area contributed by atoms with Crippen LogP contribution in [0.5, 0.6) is 0 Å². The number of nitrogens with one attached hydrogen (secondary N) is 2. The van der Waals surface area contributed by atoms with Crippen LogP contribution in [0.4, 0.5) is 9.59 Å². The molecule has 1 aromatic rings. The van der Waals surface area contributed by atoms with Gasteiger partial charge >= 0.3 is 47.6 Å².